The number of nitrogens with one attached hydrogen (secondary N) is 2. The third-order valence-corrected chi connectivity index (χ3v) is 3.17. The lowest BCUT2D eigenvalue weighted by Gasteiger charge is -2.20. The minimum Gasteiger partial charge on any atom is -0.373 e. The van der Waals surface area contributed by atoms with Gasteiger partial charge in [-0.15, -0.1) is 24.0 Å². The average Bonchev–Trinajstić information content (AvgIpc) is 2.46. The Hall–Kier alpha value is -0.980. The number of rotatable bonds is 7. The molecule has 0 aromatic heterocycles. The van der Waals surface area contributed by atoms with Crippen LogP contribution >= 0.6 is 24.0 Å². The Bertz CT molecular complexity index is 393. The summed E-state index contributed by atoms with van der Waals surface area (Å²) in [6.07, 6.45) is 1.16. The summed E-state index contributed by atoms with van der Waals surface area (Å²) in [6, 6.07) is 10.4. The van der Waals surface area contributed by atoms with Crippen LogP contribution in [0.1, 0.15) is 20.3 Å². The molecule has 2 N–H and O–H groups in total. The van der Waals surface area contributed by atoms with Crippen LogP contribution in [0.3, 0.4) is 0 Å². The van der Waals surface area contributed by atoms with E-state index in [1.54, 1.807) is 0 Å². The zero-order chi connectivity index (χ0) is 14.8. The van der Waals surface area contributed by atoms with Crippen LogP contribution in [0.25, 0.3) is 0 Å². The first-order chi connectivity index (χ1) is 9.63. The van der Waals surface area contributed by atoms with Gasteiger partial charge in [0.05, 0.1) is 0 Å². The van der Waals surface area contributed by atoms with Crippen LogP contribution in [0.4, 0.5) is 5.69 Å². The lowest BCUT2D eigenvalue weighted by Crippen LogP contribution is -2.41. The first-order valence-corrected chi connectivity index (χ1v) is 7.34. The predicted octanol–water partition coefficient (Wildman–Crippen LogP) is 2.95. The van der Waals surface area contributed by atoms with Gasteiger partial charge in [0, 0.05) is 39.4 Å². The zero-order valence-corrected chi connectivity index (χ0v) is 15.9. The van der Waals surface area contributed by atoms with Crippen LogP contribution in [0.2, 0.25) is 0 Å². The molecular weight excluding hydrogens is 375 g/mol. The quantitative estimate of drug-likeness (QED) is 0.417. The molecule has 0 aliphatic rings. The summed E-state index contributed by atoms with van der Waals surface area (Å²) >= 11 is 0. The molecule has 21 heavy (non-hydrogen) atoms. The van der Waals surface area contributed by atoms with Crippen molar-refractivity contribution in [2.45, 2.75) is 20.3 Å². The summed E-state index contributed by atoms with van der Waals surface area (Å²) in [6.45, 7) is 7.23. The number of hydrogen-bond acceptors (Lipinski definition) is 2. The molecule has 1 aromatic rings. The van der Waals surface area contributed by atoms with Crippen molar-refractivity contribution in [3.8, 4) is 0 Å². The monoisotopic (exact) mass is 404 g/mol. The van der Waals surface area contributed by atoms with Gasteiger partial charge < -0.3 is 15.5 Å². The maximum Gasteiger partial charge on any atom is 0.191 e. The number of aliphatic imine (C=N–C) groups is 1. The largest absolute Gasteiger partial charge is 0.373 e. The van der Waals surface area contributed by atoms with Gasteiger partial charge in [-0.05, 0) is 24.5 Å². The Morgan fingerprint density at radius 3 is 2.33 bits per heavy atom. The van der Waals surface area contributed by atoms with Crippen LogP contribution in [-0.2, 0) is 0 Å². The minimum atomic E-state index is 0. The van der Waals surface area contributed by atoms with E-state index in [2.05, 4.69) is 65.7 Å². The number of anilines is 1. The number of benzene rings is 1. The Labute approximate surface area is 146 Å². The number of likely N-dealkylation sites (N-methyl/N-ethyl adjacent to an activating group) is 1. The van der Waals surface area contributed by atoms with Gasteiger partial charge in [-0.25, -0.2) is 0 Å². The van der Waals surface area contributed by atoms with E-state index >= 15 is 0 Å². The van der Waals surface area contributed by atoms with E-state index in [0.29, 0.717) is 5.92 Å². The summed E-state index contributed by atoms with van der Waals surface area (Å²) in [4.78, 5) is 6.46. The molecule has 0 aliphatic carbocycles. The molecule has 0 atom stereocenters. The van der Waals surface area contributed by atoms with Crippen molar-refractivity contribution < 1.29 is 0 Å². The lowest BCUT2D eigenvalue weighted by molar-refractivity contribution is 0.573. The lowest BCUT2D eigenvalue weighted by atomic mass is 10.1. The fourth-order valence-electron chi connectivity index (χ4n) is 1.85. The molecule has 4 nitrogen and oxygen atoms in total. The number of halogens is 1. The molecule has 0 radical (unpaired) electrons. The van der Waals surface area contributed by atoms with Crippen LogP contribution in [0, 0.1) is 5.92 Å². The van der Waals surface area contributed by atoms with Crippen molar-refractivity contribution in [2.75, 3.05) is 38.6 Å². The van der Waals surface area contributed by atoms with Crippen LogP contribution in [0.5, 0.6) is 0 Å². The molecule has 0 spiro atoms. The average molecular weight is 404 g/mol. The van der Waals surface area contributed by atoms with Crippen LogP contribution < -0.4 is 15.5 Å². The Balaban J connectivity index is 0.00000400. The Morgan fingerprint density at radius 2 is 1.76 bits per heavy atom. The van der Waals surface area contributed by atoms with Crippen molar-refractivity contribution in [3.05, 3.63) is 30.3 Å². The van der Waals surface area contributed by atoms with Gasteiger partial charge in [-0.3, -0.25) is 4.99 Å². The summed E-state index contributed by atoms with van der Waals surface area (Å²) in [7, 11) is 3.91. The topological polar surface area (TPSA) is 39.7 Å². The third-order valence-electron chi connectivity index (χ3n) is 3.17. The molecule has 0 unspecified atom stereocenters. The SMILES string of the molecule is CN=C(NCCC(C)C)NCCN(C)c1ccccc1.I. The molecular formula is C16H29IN4. The summed E-state index contributed by atoms with van der Waals surface area (Å²) < 4.78 is 0. The molecule has 0 saturated heterocycles. The minimum absolute atomic E-state index is 0. The normalized spacial score (nSPS) is 11.0. The van der Waals surface area contributed by atoms with Crippen molar-refractivity contribution in [3.63, 3.8) is 0 Å². The highest BCUT2D eigenvalue weighted by Gasteiger charge is 2.01. The molecule has 0 amide bonds. The van der Waals surface area contributed by atoms with E-state index in [4.69, 9.17) is 0 Å². The summed E-state index contributed by atoms with van der Waals surface area (Å²) in [5.41, 5.74) is 1.23. The summed E-state index contributed by atoms with van der Waals surface area (Å²) in [5, 5.41) is 6.68. The number of nitrogens with zero attached hydrogens (tertiary/aromatic N) is 2. The summed E-state index contributed by atoms with van der Waals surface area (Å²) in [5.74, 6) is 1.59. The van der Waals surface area contributed by atoms with Gasteiger partial charge in [-0.1, -0.05) is 32.0 Å². The van der Waals surface area contributed by atoms with Gasteiger partial charge in [0.15, 0.2) is 5.96 Å². The molecule has 1 aromatic carbocycles. The van der Waals surface area contributed by atoms with E-state index < -0.39 is 0 Å². The molecule has 0 aliphatic heterocycles. The molecule has 0 heterocycles. The van der Waals surface area contributed by atoms with Gasteiger partial charge >= 0.3 is 0 Å². The molecule has 0 bridgehead atoms. The standard InChI is InChI=1S/C16H28N4.HI/c1-14(2)10-11-18-16(17-3)19-12-13-20(4)15-8-6-5-7-9-15;/h5-9,14H,10-13H2,1-4H3,(H2,17,18,19);1H. The number of hydrogen-bond donors (Lipinski definition) is 2. The maximum atomic E-state index is 4.23. The van der Waals surface area contributed by atoms with E-state index in [1.807, 2.05) is 13.1 Å². The molecule has 0 fully saturated rings. The van der Waals surface area contributed by atoms with Crippen molar-refractivity contribution in [1.82, 2.24) is 10.6 Å². The first kappa shape index (κ1) is 20.0. The highest BCUT2D eigenvalue weighted by atomic mass is 127. The Morgan fingerprint density at radius 1 is 1.14 bits per heavy atom. The number of guanidine groups is 1. The van der Waals surface area contributed by atoms with Gasteiger partial charge in [-0.2, -0.15) is 0 Å². The zero-order valence-electron chi connectivity index (χ0n) is 13.6. The van der Waals surface area contributed by atoms with Crippen LogP contribution in [-0.4, -0.2) is 39.7 Å². The van der Waals surface area contributed by atoms with E-state index in [1.165, 1.54) is 5.69 Å². The first-order valence-electron chi connectivity index (χ1n) is 7.34. The van der Waals surface area contributed by atoms with Gasteiger partial charge in [0.1, 0.15) is 0 Å². The van der Waals surface area contributed by atoms with Gasteiger partial charge in [0.2, 0.25) is 0 Å². The second-order valence-corrected chi connectivity index (χ2v) is 5.37. The second kappa shape index (κ2) is 11.7. The second-order valence-electron chi connectivity index (χ2n) is 5.37. The maximum absolute atomic E-state index is 4.23. The fraction of sp³-hybridized carbons (Fsp3) is 0.562. The van der Waals surface area contributed by atoms with Crippen molar-refractivity contribution >= 4 is 35.6 Å². The molecule has 5 heteroatoms. The highest BCUT2D eigenvalue weighted by Crippen LogP contribution is 2.09. The van der Waals surface area contributed by atoms with E-state index in [9.17, 15) is 0 Å². The van der Waals surface area contributed by atoms with E-state index in [0.717, 1.165) is 32.0 Å². The predicted molar refractivity (Wildman–Crippen MR) is 104 cm³/mol. The van der Waals surface area contributed by atoms with Gasteiger partial charge in [0.25, 0.3) is 0 Å². The molecule has 0 saturated carbocycles. The highest BCUT2D eigenvalue weighted by molar-refractivity contribution is 14.0. The third kappa shape index (κ3) is 8.80. The fourth-order valence-corrected chi connectivity index (χ4v) is 1.85. The van der Waals surface area contributed by atoms with Crippen molar-refractivity contribution in [2.24, 2.45) is 10.9 Å². The number of para-hydroxylation sites is 1. The van der Waals surface area contributed by atoms with Crippen LogP contribution in [0.15, 0.2) is 35.3 Å². The Kier molecular flexibility index (Phi) is 11.1. The molecule has 1 rings (SSSR count). The van der Waals surface area contributed by atoms with Crippen molar-refractivity contribution in [1.29, 1.82) is 0 Å². The molecule has 120 valence electrons. The smallest absolute Gasteiger partial charge is 0.191 e. The van der Waals surface area contributed by atoms with E-state index in [-0.39, 0.29) is 24.0 Å².